The number of aliphatic hydroxyl groups excluding tert-OH is 1. The van der Waals surface area contributed by atoms with Crippen LogP contribution in [0.1, 0.15) is 24.8 Å². The maximum atomic E-state index is 9.61. The minimum absolute atomic E-state index is 0.140. The summed E-state index contributed by atoms with van der Waals surface area (Å²) in [5.41, 5.74) is 1.25. The van der Waals surface area contributed by atoms with E-state index in [2.05, 4.69) is 10.4 Å². The first kappa shape index (κ1) is 10.6. The monoisotopic (exact) mass is 209 g/mol. The number of aromatic nitrogens is 2. The maximum Gasteiger partial charge on any atom is 0.0693 e. The van der Waals surface area contributed by atoms with Crippen molar-refractivity contribution in [3.05, 3.63) is 18.0 Å². The normalized spacial score (nSPS) is 26.0. The predicted octanol–water partition coefficient (Wildman–Crippen LogP) is 0.466. The first-order valence-electron chi connectivity index (χ1n) is 5.64. The summed E-state index contributed by atoms with van der Waals surface area (Å²) in [5.74, 6) is 0. The van der Waals surface area contributed by atoms with Crippen molar-refractivity contribution in [2.45, 2.75) is 37.8 Å². The third-order valence-electron chi connectivity index (χ3n) is 3.06. The van der Waals surface area contributed by atoms with Gasteiger partial charge in [-0.1, -0.05) is 0 Å². The Morgan fingerprint density at radius 2 is 2.47 bits per heavy atom. The zero-order valence-electron chi connectivity index (χ0n) is 9.19. The Kier molecular flexibility index (Phi) is 3.38. The third-order valence-corrected chi connectivity index (χ3v) is 3.06. The van der Waals surface area contributed by atoms with Gasteiger partial charge in [-0.25, -0.2) is 0 Å². The molecule has 2 atom stereocenters. The number of aliphatic hydroxyl groups is 1. The summed E-state index contributed by atoms with van der Waals surface area (Å²) in [4.78, 5) is 0. The third kappa shape index (κ3) is 2.79. The molecule has 0 aliphatic heterocycles. The van der Waals surface area contributed by atoms with E-state index in [4.69, 9.17) is 0 Å². The van der Waals surface area contributed by atoms with E-state index in [0.717, 1.165) is 32.2 Å². The molecule has 15 heavy (non-hydrogen) atoms. The highest BCUT2D eigenvalue weighted by molar-refractivity contribution is 5.04. The van der Waals surface area contributed by atoms with Crippen LogP contribution in [0.2, 0.25) is 0 Å². The molecule has 0 saturated heterocycles. The van der Waals surface area contributed by atoms with Gasteiger partial charge in [0.1, 0.15) is 0 Å². The molecule has 0 aromatic carbocycles. The molecule has 1 aromatic heterocycles. The minimum Gasteiger partial charge on any atom is -0.392 e. The van der Waals surface area contributed by atoms with Crippen LogP contribution in [0.3, 0.4) is 0 Å². The van der Waals surface area contributed by atoms with Crippen molar-refractivity contribution in [1.82, 2.24) is 15.1 Å². The number of hydrogen-bond donors (Lipinski definition) is 2. The molecule has 0 bridgehead atoms. The van der Waals surface area contributed by atoms with E-state index in [9.17, 15) is 5.11 Å². The summed E-state index contributed by atoms with van der Waals surface area (Å²) in [6, 6.07) is 0.307. The highest BCUT2D eigenvalue weighted by atomic mass is 16.3. The highest BCUT2D eigenvalue weighted by Crippen LogP contribution is 2.18. The zero-order valence-corrected chi connectivity index (χ0v) is 9.19. The molecule has 1 aromatic rings. The topological polar surface area (TPSA) is 50.1 Å². The molecule has 0 amide bonds. The van der Waals surface area contributed by atoms with Crippen LogP contribution in [-0.2, 0) is 13.5 Å². The molecular formula is C11H19N3O. The lowest BCUT2D eigenvalue weighted by Gasteiger charge is -2.15. The SMILES string of the molecule is Cn1cc(CCN[C@H]2CCC[C@@H]2O)cn1. The Balaban J connectivity index is 1.70. The van der Waals surface area contributed by atoms with E-state index in [1.54, 1.807) is 0 Å². The Bertz CT molecular complexity index is 311. The molecule has 2 rings (SSSR count). The van der Waals surface area contributed by atoms with E-state index >= 15 is 0 Å². The van der Waals surface area contributed by atoms with Gasteiger partial charge in [0, 0.05) is 19.3 Å². The Labute approximate surface area is 90.3 Å². The number of hydrogen-bond acceptors (Lipinski definition) is 3. The van der Waals surface area contributed by atoms with Crippen LogP contribution >= 0.6 is 0 Å². The number of aryl methyl sites for hydroxylation is 1. The first-order valence-corrected chi connectivity index (χ1v) is 5.64. The predicted molar refractivity (Wildman–Crippen MR) is 58.6 cm³/mol. The van der Waals surface area contributed by atoms with Crippen molar-refractivity contribution in [3.63, 3.8) is 0 Å². The van der Waals surface area contributed by atoms with Crippen LogP contribution in [0, 0.1) is 0 Å². The molecule has 1 saturated carbocycles. The summed E-state index contributed by atoms with van der Waals surface area (Å²) < 4.78 is 1.82. The van der Waals surface area contributed by atoms with Crippen LogP contribution in [-0.4, -0.2) is 33.6 Å². The van der Waals surface area contributed by atoms with Gasteiger partial charge >= 0.3 is 0 Å². The summed E-state index contributed by atoms with van der Waals surface area (Å²) in [6.45, 7) is 0.924. The van der Waals surface area contributed by atoms with Crippen molar-refractivity contribution in [1.29, 1.82) is 0 Å². The van der Waals surface area contributed by atoms with Crippen molar-refractivity contribution in [2.75, 3.05) is 6.54 Å². The van der Waals surface area contributed by atoms with Crippen LogP contribution in [0.5, 0.6) is 0 Å². The van der Waals surface area contributed by atoms with E-state index < -0.39 is 0 Å². The second-order valence-electron chi connectivity index (χ2n) is 4.33. The zero-order chi connectivity index (χ0) is 10.7. The van der Waals surface area contributed by atoms with Gasteiger partial charge in [-0.2, -0.15) is 5.10 Å². The van der Waals surface area contributed by atoms with E-state index in [0.29, 0.717) is 6.04 Å². The molecule has 1 heterocycles. The molecule has 1 aliphatic rings. The van der Waals surface area contributed by atoms with Gasteiger partial charge in [-0.15, -0.1) is 0 Å². The molecule has 4 nitrogen and oxygen atoms in total. The van der Waals surface area contributed by atoms with Crippen LogP contribution in [0.15, 0.2) is 12.4 Å². The Hall–Kier alpha value is -0.870. The van der Waals surface area contributed by atoms with E-state index in [1.807, 2.05) is 24.1 Å². The molecule has 0 unspecified atom stereocenters. The number of rotatable bonds is 4. The maximum absolute atomic E-state index is 9.61. The van der Waals surface area contributed by atoms with Crippen molar-refractivity contribution in [3.8, 4) is 0 Å². The first-order chi connectivity index (χ1) is 7.25. The van der Waals surface area contributed by atoms with Crippen LogP contribution in [0.4, 0.5) is 0 Å². The smallest absolute Gasteiger partial charge is 0.0693 e. The molecule has 1 aliphatic carbocycles. The average Bonchev–Trinajstić information content (AvgIpc) is 2.77. The fraction of sp³-hybridized carbons (Fsp3) is 0.727. The van der Waals surface area contributed by atoms with E-state index in [1.165, 1.54) is 5.56 Å². The Morgan fingerprint density at radius 3 is 3.07 bits per heavy atom. The van der Waals surface area contributed by atoms with Gasteiger partial charge in [0.2, 0.25) is 0 Å². The second kappa shape index (κ2) is 4.77. The van der Waals surface area contributed by atoms with Gasteiger partial charge in [0.25, 0.3) is 0 Å². The lowest BCUT2D eigenvalue weighted by molar-refractivity contribution is 0.149. The Morgan fingerprint density at radius 1 is 1.60 bits per heavy atom. The van der Waals surface area contributed by atoms with Crippen molar-refractivity contribution < 1.29 is 5.11 Å². The van der Waals surface area contributed by atoms with Gasteiger partial charge < -0.3 is 10.4 Å². The fourth-order valence-corrected chi connectivity index (χ4v) is 2.18. The molecule has 4 heteroatoms. The molecule has 0 spiro atoms. The van der Waals surface area contributed by atoms with Crippen LogP contribution < -0.4 is 5.32 Å². The lowest BCUT2D eigenvalue weighted by Crippen LogP contribution is -2.36. The van der Waals surface area contributed by atoms with Gasteiger partial charge in [0.15, 0.2) is 0 Å². The van der Waals surface area contributed by atoms with E-state index in [-0.39, 0.29) is 6.10 Å². The van der Waals surface area contributed by atoms with Crippen LogP contribution in [0.25, 0.3) is 0 Å². The minimum atomic E-state index is -0.140. The van der Waals surface area contributed by atoms with Gasteiger partial charge in [-0.3, -0.25) is 4.68 Å². The summed E-state index contributed by atoms with van der Waals surface area (Å²) >= 11 is 0. The van der Waals surface area contributed by atoms with Crippen molar-refractivity contribution in [2.24, 2.45) is 7.05 Å². The lowest BCUT2D eigenvalue weighted by atomic mass is 10.2. The molecule has 2 N–H and O–H groups in total. The van der Waals surface area contributed by atoms with Gasteiger partial charge in [-0.05, 0) is 37.8 Å². The summed E-state index contributed by atoms with van der Waals surface area (Å²) in [7, 11) is 1.93. The molecule has 0 radical (unpaired) electrons. The molecular weight excluding hydrogens is 190 g/mol. The highest BCUT2D eigenvalue weighted by Gasteiger charge is 2.23. The number of nitrogens with zero attached hydrogens (tertiary/aromatic N) is 2. The van der Waals surface area contributed by atoms with Gasteiger partial charge in [0.05, 0.1) is 12.3 Å². The van der Waals surface area contributed by atoms with Crippen molar-refractivity contribution >= 4 is 0 Å². The second-order valence-corrected chi connectivity index (χ2v) is 4.33. The summed E-state index contributed by atoms with van der Waals surface area (Å²) in [6.07, 6.45) is 7.97. The fourth-order valence-electron chi connectivity index (χ4n) is 2.18. The molecule has 84 valence electrons. The average molecular weight is 209 g/mol. The summed E-state index contributed by atoms with van der Waals surface area (Å²) in [5, 5.41) is 17.1. The largest absolute Gasteiger partial charge is 0.392 e. The standard InChI is InChI=1S/C11H19N3O/c1-14-8-9(7-13-14)5-6-12-10-3-2-4-11(10)15/h7-8,10-12,15H,2-6H2,1H3/t10-,11-/m0/s1. The number of nitrogens with one attached hydrogen (secondary N) is 1. The molecule has 1 fully saturated rings. The quantitative estimate of drug-likeness (QED) is 0.757.